The number of aromatic nitrogens is 1. The second kappa shape index (κ2) is 9.58. The number of ether oxygens (including phenoxy) is 1. The molecule has 0 aliphatic carbocycles. The molecule has 1 aliphatic heterocycles. The second-order valence-electron chi connectivity index (χ2n) is 7.76. The molecular formula is C25H26N4O3. The standard InChI is InChI=1S/C25H26N4O3/c1-18-14-20(19(2)29(18)17-24-4-3-11-32-24)15-21(16-26)25(30)27-22-5-7-23(8-6-22)28-9-12-31-13-10-28/h3-8,11,14-15H,9-10,12-13,17H2,1-2H3,(H,27,30)/b21-15+. The van der Waals surface area contributed by atoms with E-state index in [2.05, 4.69) is 14.8 Å². The van der Waals surface area contributed by atoms with E-state index in [1.807, 2.05) is 62.4 Å². The third-order valence-electron chi connectivity index (χ3n) is 5.67. The van der Waals surface area contributed by atoms with Gasteiger partial charge in [-0.2, -0.15) is 5.26 Å². The van der Waals surface area contributed by atoms with Crippen LogP contribution in [0.2, 0.25) is 0 Å². The summed E-state index contributed by atoms with van der Waals surface area (Å²) in [5.74, 6) is 0.420. The van der Waals surface area contributed by atoms with Crippen molar-refractivity contribution >= 4 is 23.4 Å². The van der Waals surface area contributed by atoms with Crippen molar-refractivity contribution in [3.8, 4) is 6.07 Å². The highest BCUT2D eigenvalue weighted by Crippen LogP contribution is 2.22. The molecule has 3 heterocycles. The number of anilines is 2. The molecule has 7 heteroatoms. The van der Waals surface area contributed by atoms with Crippen LogP contribution in [0.3, 0.4) is 0 Å². The van der Waals surface area contributed by atoms with E-state index in [0.717, 1.165) is 54.7 Å². The number of nitrogens with zero attached hydrogens (tertiary/aromatic N) is 3. The highest BCUT2D eigenvalue weighted by atomic mass is 16.5. The van der Waals surface area contributed by atoms with Gasteiger partial charge in [-0.3, -0.25) is 4.79 Å². The van der Waals surface area contributed by atoms with Crippen LogP contribution < -0.4 is 10.2 Å². The van der Waals surface area contributed by atoms with Gasteiger partial charge in [0.15, 0.2) is 0 Å². The molecule has 0 bridgehead atoms. The van der Waals surface area contributed by atoms with Crippen molar-refractivity contribution in [1.82, 2.24) is 4.57 Å². The zero-order chi connectivity index (χ0) is 22.5. The molecule has 164 valence electrons. The highest BCUT2D eigenvalue weighted by molar-refractivity contribution is 6.09. The minimum absolute atomic E-state index is 0.0560. The Balaban J connectivity index is 1.47. The fraction of sp³-hybridized carbons (Fsp3) is 0.280. The van der Waals surface area contributed by atoms with Gasteiger partial charge in [-0.15, -0.1) is 0 Å². The van der Waals surface area contributed by atoms with E-state index in [-0.39, 0.29) is 5.57 Å². The van der Waals surface area contributed by atoms with Crippen molar-refractivity contribution in [1.29, 1.82) is 5.26 Å². The number of morpholine rings is 1. The number of nitrogens with one attached hydrogen (secondary N) is 1. The summed E-state index contributed by atoms with van der Waals surface area (Å²) in [5.41, 5.74) is 4.63. The molecule has 1 aliphatic rings. The van der Waals surface area contributed by atoms with Crippen molar-refractivity contribution in [2.45, 2.75) is 20.4 Å². The maximum Gasteiger partial charge on any atom is 0.266 e. The fourth-order valence-electron chi connectivity index (χ4n) is 3.86. The molecule has 0 spiro atoms. The van der Waals surface area contributed by atoms with E-state index in [1.165, 1.54) is 0 Å². The van der Waals surface area contributed by atoms with Crippen LogP contribution in [0.25, 0.3) is 6.08 Å². The van der Waals surface area contributed by atoms with E-state index in [4.69, 9.17) is 9.15 Å². The van der Waals surface area contributed by atoms with Gasteiger partial charge in [0, 0.05) is 35.9 Å². The minimum atomic E-state index is -0.428. The van der Waals surface area contributed by atoms with Gasteiger partial charge in [0.25, 0.3) is 5.91 Å². The van der Waals surface area contributed by atoms with E-state index in [0.29, 0.717) is 12.2 Å². The molecule has 1 fully saturated rings. The number of amides is 1. The molecule has 0 radical (unpaired) electrons. The van der Waals surface area contributed by atoms with Crippen molar-refractivity contribution in [2.75, 3.05) is 36.5 Å². The van der Waals surface area contributed by atoms with Gasteiger partial charge in [-0.25, -0.2) is 0 Å². The van der Waals surface area contributed by atoms with Crippen LogP contribution >= 0.6 is 0 Å². The SMILES string of the molecule is Cc1cc(/C=C(\C#N)C(=O)Nc2ccc(N3CCOCC3)cc2)c(C)n1Cc1ccco1. The van der Waals surface area contributed by atoms with Gasteiger partial charge >= 0.3 is 0 Å². The van der Waals surface area contributed by atoms with Crippen molar-refractivity contribution in [3.63, 3.8) is 0 Å². The van der Waals surface area contributed by atoms with Crippen molar-refractivity contribution < 1.29 is 13.9 Å². The fourth-order valence-corrected chi connectivity index (χ4v) is 3.86. The lowest BCUT2D eigenvalue weighted by Gasteiger charge is -2.28. The molecule has 1 saturated heterocycles. The van der Waals surface area contributed by atoms with E-state index in [9.17, 15) is 10.1 Å². The summed E-state index contributed by atoms with van der Waals surface area (Å²) in [6.07, 6.45) is 3.29. The van der Waals surface area contributed by atoms with Crippen LogP contribution in [0.1, 0.15) is 22.7 Å². The minimum Gasteiger partial charge on any atom is -0.467 e. The van der Waals surface area contributed by atoms with Gasteiger partial charge in [0.1, 0.15) is 17.4 Å². The van der Waals surface area contributed by atoms with Crippen LogP contribution in [0, 0.1) is 25.2 Å². The number of carbonyl (C=O) groups excluding carboxylic acids is 1. The Bertz CT molecular complexity index is 1150. The Kier molecular flexibility index (Phi) is 6.43. The zero-order valence-corrected chi connectivity index (χ0v) is 18.3. The van der Waals surface area contributed by atoms with E-state index < -0.39 is 5.91 Å². The van der Waals surface area contributed by atoms with Crippen LogP contribution in [-0.2, 0) is 16.1 Å². The maximum atomic E-state index is 12.7. The smallest absolute Gasteiger partial charge is 0.266 e. The molecule has 1 amide bonds. The molecule has 32 heavy (non-hydrogen) atoms. The van der Waals surface area contributed by atoms with Crippen molar-refractivity contribution in [3.05, 3.63) is 77.0 Å². The molecule has 3 aromatic rings. The van der Waals surface area contributed by atoms with Crippen LogP contribution in [0.4, 0.5) is 11.4 Å². The lowest BCUT2D eigenvalue weighted by molar-refractivity contribution is -0.112. The largest absolute Gasteiger partial charge is 0.467 e. The molecule has 7 nitrogen and oxygen atoms in total. The summed E-state index contributed by atoms with van der Waals surface area (Å²) >= 11 is 0. The normalized spacial score (nSPS) is 14.3. The van der Waals surface area contributed by atoms with Gasteiger partial charge < -0.3 is 23.9 Å². The molecular weight excluding hydrogens is 404 g/mol. The first kappa shape index (κ1) is 21.5. The summed E-state index contributed by atoms with van der Waals surface area (Å²) in [4.78, 5) is 15.0. The van der Waals surface area contributed by atoms with Crippen LogP contribution in [0.5, 0.6) is 0 Å². The quantitative estimate of drug-likeness (QED) is 0.470. The average molecular weight is 431 g/mol. The predicted molar refractivity (Wildman–Crippen MR) is 123 cm³/mol. The third kappa shape index (κ3) is 4.76. The Morgan fingerprint density at radius 3 is 2.59 bits per heavy atom. The summed E-state index contributed by atoms with van der Waals surface area (Å²) < 4.78 is 12.9. The van der Waals surface area contributed by atoms with Gasteiger partial charge in [0.05, 0.1) is 26.0 Å². The van der Waals surface area contributed by atoms with Gasteiger partial charge in [0.2, 0.25) is 0 Å². The number of nitriles is 1. The molecule has 0 unspecified atom stereocenters. The van der Waals surface area contributed by atoms with E-state index in [1.54, 1.807) is 12.3 Å². The summed E-state index contributed by atoms with van der Waals surface area (Å²) in [6.45, 7) is 7.71. The Labute approximate surface area is 187 Å². The first-order chi connectivity index (χ1) is 15.5. The summed E-state index contributed by atoms with van der Waals surface area (Å²) in [6, 6.07) is 15.4. The summed E-state index contributed by atoms with van der Waals surface area (Å²) in [7, 11) is 0. The average Bonchev–Trinajstić information content (AvgIpc) is 3.42. The zero-order valence-electron chi connectivity index (χ0n) is 18.3. The molecule has 4 rings (SSSR count). The van der Waals surface area contributed by atoms with Crippen LogP contribution in [-0.4, -0.2) is 36.8 Å². The van der Waals surface area contributed by atoms with Crippen LogP contribution in [0.15, 0.2) is 58.7 Å². The van der Waals surface area contributed by atoms with Gasteiger partial charge in [-0.1, -0.05) is 0 Å². The molecule has 0 atom stereocenters. The number of carbonyl (C=O) groups is 1. The maximum absolute atomic E-state index is 12.7. The number of rotatable bonds is 6. The number of aryl methyl sites for hydroxylation is 1. The van der Waals surface area contributed by atoms with E-state index >= 15 is 0 Å². The lowest BCUT2D eigenvalue weighted by atomic mass is 10.1. The van der Waals surface area contributed by atoms with Gasteiger partial charge in [-0.05, 0) is 68.0 Å². The Morgan fingerprint density at radius 2 is 1.94 bits per heavy atom. The second-order valence-corrected chi connectivity index (χ2v) is 7.76. The first-order valence-electron chi connectivity index (χ1n) is 10.6. The number of furan rings is 1. The molecule has 0 saturated carbocycles. The molecule has 2 aromatic heterocycles. The predicted octanol–water partition coefficient (Wildman–Crippen LogP) is 4.13. The molecule has 1 aromatic carbocycles. The number of hydrogen-bond acceptors (Lipinski definition) is 5. The monoisotopic (exact) mass is 430 g/mol. The highest BCUT2D eigenvalue weighted by Gasteiger charge is 2.15. The number of hydrogen-bond donors (Lipinski definition) is 1. The summed E-state index contributed by atoms with van der Waals surface area (Å²) in [5, 5.41) is 12.4. The number of benzene rings is 1. The third-order valence-corrected chi connectivity index (χ3v) is 5.67. The molecule has 1 N–H and O–H groups in total. The van der Waals surface area contributed by atoms with Crippen molar-refractivity contribution in [2.24, 2.45) is 0 Å². The lowest BCUT2D eigenvalue weighted by Crippen LogP contribution is -2.36. The Morgan fingerprint density at radius 1 is 1.19 bits per heavy atom. The topological polar surface area (TPSA) is 83.4 Å². The first-order valence-corrected chi connectivity index (χ1v) is 10.6. The Hall–Kier alpha value is -3.76.